The van der Waals surface area contributed by atoms with Gasteiger partial charge >= 0.3 is 0 Å². The second-order valence-electron chi connectivity index (χ2n) is 4.55. The quantitative estimate of drug-likeness (QED) is 0.749. The Morgan fingerprint density at radius 1 is 1.53 bits per heavy atom. The summed E-state index contributed by atoms with van der Waals surface area (Å²) in [6.45, 7) is 5.45. The Labute approximate surface area is 91.8 Å². The van der Waals surface area contributed by atoms with Gasteiger partial charge in [0, 0.05) is 20.2 Å². The molecule has 1 aliphatic rings. The molecule has 15 heavy (non-hydrogen) atoms. The minimum absolute atomic E-state index is 0.0618. The molecule has 1 heterocycles. The summed E-state index contributed by atoms with van der Waals surface area (Å²) < 4.78 is 5.28. The molecule has 0 saturated carbocycles. The molecule has 4 heteroatoms. The molecule has 1 unspecified atom stereocenters. The standard InChI is InChI=1S/C11H22N2O2/c1-8(2)10(12)11(14)13-6-4-5-9(7-13)15-3/h8-10H,4-7,12H2,1-3H3/t9?,10-/m1/s1. The smallest absolute Gasteiger partial charge is 0.239 e. The van der Waals surface area contributed by atoms with Gasteiger partial charge in [-0.05, 0) is 18.8 Å². The summed E-state index contributed by atoms with van der Waals surface area (Å²) in [6.07, 6.45) is 2.23. The lowest BCUT2D eigenvalue weighted by Gasteiger charge is -2.34. The summed E-state index contributed by atoms with van der Waals surface area (Å²) in [4.78, 5) is 13.8. The fraction of sp³-hybridized carbons (Fsp3) is 0.909. The monoisotopic (exact) mass is 214 g/mol. The number of nitrogens with two attached hydrogens (primary N) is 1. The first kappa shape index (κ1) is 12.5. The first-order chi connectivity index (χ1) is 7.06. The summed E-state index contributed by atoms with van der Waals surface area (Å²) in [6, 6.07) is -0.374. The van der Waals surface area contributed by atoms with Crippen LogP contribution < -0.4 is 5.73 Å². The number of amides is 1. The first-order valence-corrected chi connectivity index (χ1v) is 5.63. The molecule has 0 aromatic carbocycles. The predicted octanol–water partition coefficient (Wildman–Crippen LogP) is 0.607. The highest BCUT2D eigenvalue weighted by atomic mass is 16.5. The summed E-state index contributed by atoms with van der Waals surface area (Å²) >= 11 is 0. The zero-order valence-electron chi connectivity index (χ0n) is 9.90. The van der Waals surface area contributed by atoms with Gasteiger partial charge in [-0.2, -0.15) is 0 Å². The van der Waals surface area contributed by atoms with Crippen LogP contribution in [0.25, 0.3) is 0 Å². The molecule has 1 saturated heterocycles. The largest absolute Gasteiger partial charge is 0.380 e. The van der Waals surface area contributed by atoms with Crippen LogP contribution in [0.1, 0.15) is 26.7 Å². The van der Waals surface area contributed by atoms with Gasteiger partial charge in [0.1, 0.15) is 0 Å². The minimum Gasteiger partial charge on any atom is -0.380 e. The third-order valence-electron chi connectivity index (χ3n) is 3.03. The zero-order valence-corrected chi connectivity index (χ0v) is 9.90. The van der Waals surface area contributed by atoms with Crippen molar-refractivity contribution in [2.75, 3.05) is 20.2 Å². The molecule has 4 nitrogen and oxygen atoms in total. The van der Waals surface area contributed by atoms with Crippen molar-refractivity contribution in [3.05, 3.63) is 0 Å². The normalized spacial score (nSPS) is 24.3. The SMILES string of the molecule is COC1CCCN(C(=O)[C@H](N)C(C)C)C1. The van der Waals surface area contributed by atoms with Gasteiger partial charge < -0.3 is 15.4 Å². The highest BCUT2D eigenvalue weighted by Gasteiger charge is 2.28. The van der Waals surface area contributed by atoms with Gasteiger partial charge in [0.25, 0.3) is 0 Å². The predicted molar refractivity (Wildman–Crippen MR) is 59.4 cm³/mol. The van der Waals surface area contributed by atoms with Gasteiger partial charge in [-0.25, -0.2) is 0 Å². The maximum absolute atomic E-state index is 11.9. The lowest BCUT2D eigenvalue weighted by Crippen LogP contribution is -2.51. The van der Waals surface area contributed by atoms with E-state index >= 15 is 0 Å². The van der Waals surface area contributed by atoms with Crippen LogP contribution in [0.15, 0.2) is 0 Å². The summed E-state index contributed by atoms with van der Waals surface area (Å²) in [7, 11) is 1.70. The van der Waals surface area contributed by atoms with Gasteiger partial charge in [-0.1, -0.05) is 13.8 Å². The number of nitrogens with zero attached hydrogens (tertiary/aromatic N) is 1. The lowest BCUT2D eigenvalue weighted by atomic mass is 10.0. The number of likely N-dealkylation sites (tertiary alicyclic amines) is 1. The number of carbonyl (C=O) groups excluding carboxylic acids is 1. The fourth-order valence-electron chi connectivity index (χ4n) is 1.83. The van der Waals surface area contributed by atoms with Crippen molar-refractivity contribution >= 4 is 5.91 Å². The molecule has 0 aromatic rings. The highest BCUT2D eigenvalue weighted by molar-refractivity contribution is 5.82. The molecule has 0 aromatic heterocycles. The third kappa shape index (κ3) is 3.18. The second-order valence-corrected chi connectivity index (χ2v) is 4.55. The van der Waals surface area contributed by atoms with Crippen LogP contribution >= 0.6 is 0 Å². The average Bonchev–Trinajstić information content (AvgIpc) is 2.27. The Balaban J connectivity index is 2.52. The van der Waals surface area contributed by atoms with Crippen LogP contribution in [-0.2, 0) is 9.53 Å². The molecule has 1 amide bonds. The Bertz CT molecular complexity index is 219. The van der Waals surface area contributed by atoms with Crippen LogP contribution in [0.3, 0.4) is 0 Å². The van der Waals surface area contributed by atoms with Crippen molar-refractivity contribution in [3.63, 3.8) is 0 Å². The number of carbonyl (C=O) groups is 1. The Kier molecular flexibility index (Phi) is 4.54. The second kappa shape index (κ2) is 5.47. The average molecular weight is 214 g/mol. The number of ether oxygens (including phenoxy) is 1. The highest BCUT2D eigenvalue weighted by Crippen LogP contribution is 2.14. The molecular weight excluding hydrogens is 192 g/mol. The molecule has 1 aliphatic heterocycles. The summed E-state index contributed by atoms with van der Waals surface area (Å²) in [5.74, 6) is 0.257. The van der Waals surface area contributed by atoms with E-state index in [-0.39, 0.29) is 24.0 Å². The molecule has 0 aliphatic carbocycles. The van der Waals surface area contributed by atoms with Gasteiger partial charge in [0.15, 0.2) is 0 Å². The molecule has 1 rings (SSSR count). The van der Waals surface area contributed by atoms with Crippen molar-refractivity contribution in [1.29, 1.82) is 0 Å². The molecule has 0 bridgehead atoms. The number of methoxy groups -OCH3 is 1. The lowest BCUT2D eigenvalue weighted by molar-refractivity contribution is -0.137. The van der Waals surface area contributed by atoms with E-state index < -0.39 is 0 Å². The minimum atomic E-state index is -0.374. The molecule has 2 N–H and O–H groups in total. The number of hydrogen-bond donors (Lipinski definition) is 1. The Hall–Kier alpha value is -0.610. The van der Waals surface area contributed by atoms with Gasteiger partial charge in [0.05, 0.1) is 12.1 Å². The Morgan fingerprint density at radius 2 is 2.20 bits per heavy atom. The number of hydrogen-bond acceptors (Lipinski definition) is 3. The van der Waals surface area contributed by atoms with Crippen molar-refractivity contribution in [3.8, 4) is 0 Å². The topological polar surface area (TPSA) is 55.6 Å². The van der Waals surface area contributed by atoms with E-state index in [1.165, 1.54) is 0 Å². The fourth-order valence-corrected chi connectivity index (χ4v) is 1.83. The van der Waals surface area contributed by atoms with E-state index in [4.69, 9.17) is 10.5 Å². The number of piperidine rings is 1. The molecular formula is C11H22N2O2. The zero-order chi connectivity index (χ0) is 11.4. The van der Waals surface area contributed by atoms with E-state index in [9.17, 15) is 4.79 Å². The van der Waals surface area contributed by atoms with Gasteiger partial charge in [-0.15, -0.1) is 0 Å². The molecule has 1 fully saturated rings. The van der Waals surface area contributed by atoms with Gasteiger partial charge in [0.2, 0.25) is 5.91 Å². The third-order valence-corrected chi connectivity index (χ3v) is 3.03. The maximum atomic E-state index is 11.9. The van der Waals surface area contributed by atoms with E-state index in [0.29, 0.717) is 6.54 Å². The van der Waals surface area contributed by atoms with E-state index in [1.54, 1.807) is 7.11 Å². The van der Waals surface area contributed by atoms with Crippen LogP contribution in [0.4, 0.5) is 0 Å². The molecule has 0 radical (unpaired) electrons. The van der Waals surface area contributed by atoms with Crippen molar-refractivity contribution in [2.24, 2.45) is 11.7 Å². The van der Waals surface area contributed by atoms with Crippen molar-refractivity contribution in [1.82, 2.24) is 4.90 Å². The van der Waals surface area contributed by atoms with E-state index in [2.05, 4.69) is 0 Å². The first-order valence-electron chi connectivity index (χ1n) is 5.63. The molecule has 0 spiro atoms. The number of rotatable bonds is 3. The van der Waals surface area contributed by atoms with Crippen LogP contribution in [-0.4, -0.2) is 43.2 Å². The van der Waals surface area contributed by atoms with Gasteiger partial charge in [-0.3, -0.25) is 4.79 Å². The maximum Gasteiger partial charge on any atom is 0.239 e. The van der Waals surface area contributed by atoms with Crippen LogP contribution in [0.5, 0.6) is 0 Å². The van der Waals surface area contributed by atoms with Crippen molar-refractivity contribution < 1.29 is 9.53 Å². The van der Waals surface area contributed by atoms with Crippen LogP contribution in [0, 0.1) is 5.92 Å². The Morgan fingerprint density at radius 3 is 2.73 bits per heavy atom. The molecule has 88 valence electrons. The van der Waals surface area contributed by atoms with Crippen molar-refractivity contribution in [2.45, 2.75) is 38.8 Å². The van der Waals surface area contributed by atoms with E-state index in [1.807, 2.05) is 18.7 Å². The summed E-state index contributed by atoms with van der Waals surface area (Å²) in [5.41, 5.74) is 5.85. The summed E-state index contributed by atoms with van der Waals surface area (Å²) in [5, 5.41) is 0. The van der Waals surface area contributed by atoms with E-state index in [0.717, 1.165) is 19.4 Å². The van der Waals surface area contributed by atoms with Crippen LogP contribution in [0.2, 0.25) is 0 Å². The molecule has 2 atom stereocenters.